The van der Waals surface area contributed by atoms with Gasteiger partial charge in [0.2, 0.25) is 0 Å². The van der Waals surface area contributed by atoms with Crippen molar-refractivity contribution in [1.29, 1.82) is 0 Å². The summed E-state index contributed by atoms with van der Waals surface area (Å²) in [5, 5.41) is 0. The lowest BCUT2D eigenvalue weighted by Gasteiger charge is -2.26. The maximum Gasteiger partial charge on any atom is 0.415 e. The molecular formula is C14H19NO4. The van der Waals surface area contributed by atoms with E-state index in [-0.39, 0.29) is 6.54 Å². The minimum absolute atomic E-state index is 0.0543. The molecular weight excluding hydrogens is 246 g/mol. The van der Waals surface area contributed by atoms with E-state index >= 15 is 0 Å². The summed E-state index contributed by atoms with van der Waals surface area (Å²) >= 11 is 0. The number of ether oxygens (including phenoxy) is 2. The van der Waals surface area contributed by atoms with Crippen LogP contribution in [-0.4, -0.2) is 31.6 Å². The molecule has 0 radical (unpaired) electrons. The van der Waals surface area contributed by atoms with Crippen molar-refractivity contribution in [2.75, 3.05) is 18.6 Å². The Hall–Kier alpha value is -2.04. The van der Waals surface area contributed by atoms with Crippen LogP contribution in [0.4, 0.5) is 10.5 Å². The second-order valence-electron chi connectivity index (χ2n) is 4.96. The van der Waals surface area contributed by atoms with E-state index < -0.39 is 11.7 Å². The summed E-state index contributed by atoms with van der Waals surface area (Å²) in [5.74, 6) is 0.680. The van der Waals surface area contributed by atoms with Gasteiger partial charge in [0.1, 0.15) is 17.6 Å². The maximum absolute atomic E-state index is 12.0. The van der Waals surface area contributed by atoms with Crippen molar-refractivity contribution in [3.63, 3.8) is 0 Å². The van der Waals surface area contributed by atoms with E-state index in [1.54, 1.807) is 52.1 Å². The minimum atomic E-state index is -0.606. The number of amides is 1. The number of carbonyl (C=O) groups excluding carboxylic acids is 2. The Morgan fingerprint density at radius 2 is 1.84 bits per heavy atom. The van der Waals surface area contributed by atoms with Crippen molar-refractivity contribution in [3.05, 3.63) is 24.3 Å². The number of hydrogen-bond acceptors (Lipinski definition) is 4. The van der Waals surface area contributed by atoms with Gasteiger partial charge in [-0.2, -0.15) is 0 Å². The van der Waals surface area contributed by atoms with Gasteiger partial charge in [-0.1, -0.05) is 0 Å². The van der Waals surface area contributed by atoms with E-state index in [1.807, 2.05) is 0 Å². The van der Waals surface area contributed by atoms with Gasteiger partial charge >= 0.3 is 6.09 Å². The fourth-order valence-corrected chi connectivity index (χ4v) is 1.44. The molecule has 5 nitrogen and oxygen atoms in total. The number of methoxy groups -OCH3 is 1. The fourth-order valence-electron chi connectivity index (χ4n) is 1.44. The molecule has 104 valence electrons. The highest BCUT2D eigenvalue weighted by Crippen LogP contribution is 2.21. The van der Waals surface area contributed by atoms with Crippen molar-refractivity contribution < 1.29 is 19.1 Å². The molecule has 0 bridgehead atoms. The van der Waals surface area contributed by atoms with Gasteiger partial charge in [-0.3, -0.25) is 4.90 Å². The van der Waals surface area contributed by atoms with Crippen LogP contribution < -0.4 is 9.64 Å². The third kappa shape index (κ3) is 4.62. The molecule has 0 fully saturated rings. The fraction of sp³-hybridized carbons (Fsp3) is 0.429. The predicted octanol–water partition coefficient (Wildman–Crippen LogP) is 2.64. The molecule has 0 aliphatic carbocycles. The molecule has 1 rings (SSSR count). The number of anilines is 1. The van der Waals surface area contributed by atoms with E-state index in [0.717, 1.165) is 0 Å². The van der Waals surface area contributed by atoms with Crippen LogP contribution in [0.25, 0.3) is 0 Å². The average molecular weight is 265 g/mol. The smallest absolute Gasteiger partial charge is 0.415 e. The summed E-state index contributed by atoms with van der Waals surface area (Å²) in [6.45, 7) is 5.27. The van der Waals surface area contributed by atoms with Crippen molar-refractivity contribution in [3.8, 4) is 5.75 Å². The number of rotatable bonds is 4. The minimum Gasteiger partial charge on any atom is -0.497 e. The van der Waals surface area contributed by atoms with Gasteiger partial charge in [0.05, 0.1) is 13.7 Å². The van der Waals surface area contributed by atoms with Crippen LogP contribution in [0.3, 0.4) is 0 Å². The molecule has 0 spiro atoms. The third-order valence-electron chi connectivity index (χ3n) is 2.26. The molecule has 0 aliphatic rings. The first kappa shape index (κ1) is 15.0. The Labute approximate surface area is 113 Å². The predicted molar refractivity (Wildman–Crippen MR) is 72.6 cm³/mol. The molecule has 1 aromatic carbocycles. The molecule has 0 heterocycles. The summed E-state index contributed by atoms with van der Waals surface area (Å²) in [5.41, 5.74) is -0.0211. The third-order valence-corrected chi connectivity index (χ3v) is 2.26. The van der Waals surface area contributed by atoms with Gasteiger partial charge in [-0.05, 0) is 45.0 Å². The summed E-state index contributed by atoms with van der Waals surface area (Å²) < 4.78 is 10.3. The first-order chi connectivity index (χ1) is 8.87. The maximum atomic E-state index is 12.0. The largest absolute Gasteiger partial charge is 0.497 e. The van der Waals surface area contributed by atoms with Crippen LogP contribution in [0.5, 0.6) is 5.75 Å². The summed E-state index contributed by atoms with van der Waals surface area (Å²) in [7, 11) is 1.56. The average Bonchev–Trinajstić information content (AvgIpc) is 2.34. The SMILES string of the molecule is COc1ccc(N(CC=O)C(=O)OC(C)(C)C)cc1. The standard InChI is InChI=1S/C14H19NO4/c1-14(2,3)19-13(17)15(9-10-16)11-5-7-12(18-4)8-6-11/h5-8,10H,9H2,1-4H3. The Balaban J connectivity index is 2.92. The second kappa shape index (κ2) is 6.22. The van der Waals surface area contributed by atoms with Crippen LogP contribution in [0.1, 0.15) is 20.8 Å². The number of hydrogen-bond donors (Lipinski definition) is 0. The van der Waals surface area contributed by atoms with Crippen LogP contribution in [0, 0.1) is 0 Å². The molecule has 19 heavy (non-hydrogen) atoms. The lowest BCUT2D eigenvalue weighted by molar-refractivity contribution is -0.106. The van der Waals surface area contributed by atoms with Crippen LogP contribution >= 0.6 is 0 Å². The van der Waals surface area contributed by atoms with Crippen molar-refractivity contribution in [2.24, 2.45) is 0 Å². The first-order valence-corrected chi connectivity index (χ1v) is 5.95. The Morgan fingerprint density at radius 1 is 1.26 bits per heavy atom. The Kier molecular flexibility index (Phi) is 4.92. The number of benzene rings is 1. The lowest BCUT2D eigenvalue weighted by atomic mass is 10.2. The van der Waals surface area contributed by atoms with E-state index in [1.165, 1.54) is 4.90 Å². The van der Waals surface area contributed by atoms with E-state index in [9.17, 15) is 9.59 Å². The zero-order chi connectivity index (χ0) is 14.5. The molecule has 1 amide bonds. The Bertz CT molecular complexity index is 434. The van der Waals surface area contributed by atoms with Gasteiger partial charge < -0.3 is 14.3 Å². The molecule has 0 aliphatic heterocycles. The zero-order valence-corrected chi connectivity index (χ0v) is 11.7. The highest BCUT2D eigenvalue weighted by atomic mass is 16.6. The van der Waals surface area contributed by atoms with Crippen LogP contribution in [0.15, 0.2) is 24.3 Å². The normalized spacial score (nSPS) is 10.7. The second-order valence-corrected chi connectivity index (χ2v) is 4.96. The van der Waals surface area contributed by atoms with Crippen molar-refractivity contribution >= 4 is 18.1 Å². The first-order valence-electron chi connectivity index (χ1n) is 5.95. The van der Waals surface area contributed by atoms with Gasteiger partial charge in [-0.15, -0.1) is 0 Å². The summed E-state index contributed by atoms with van der Waals surface area (Å²) in [6.07, 6.45) is 0.110. The van der Waals surface area contributed by atoms with E-state index in [2.05, 4.69) is 0 Å². The van der Waals surface area contributed by atoms with Gasteiger partial charge in [0.25, 0.3) is 0 Å². The molecule has 0 atom stereocenters. The molecule has 0 N–H and O–H groups in total. The number of carbonyl (C=O) groups is 2. The zero-order valence-electron chi connectivity index (χ0n) is 11.7. The van der Waals surface area contributed by atoms with Crippen LogP contribution in [-0.2, 0) is 9.53 Å². The van der Waals surface area contributed by atoms with Crippen LogP contribution in [0.2, 0.25) is 0 Å². The number of aldehydes is 1. The van der Waals surface area contributed by atoms with Gasteiger partial charge in [0.15, 0.2) is 0 Å². The molecule has 1 aromatic rings. The summed E-state index contributed by atoms with van der Waals surface area (Å²) in [6, 6.07) is 6.84. The number of nitrogens with zero attached hydrogens (tertiary/aromatic N) is 1. The monoisotopic (exact) mass is 265 g/mol. The molecule has 0 aromatic heterocycles. The molecule has 5 heteroatoms. The van der Waals surface area contributed by atoms with E-state index in [0.29, 0.717) is 17.7 Å². The highest BCUT2D eigenvalue weighted by molar-refractivity contribution is 5.91. The van der Waals surface area contributed by atoms with Crippen molar-refractivity contribution in [2.45, 2.75) is 26.4 Å². The van der Waals surface area contributed by atoms with E-state index in [4.69, 9.17) is 9.47 Å². The quantitative estimate of drug-likeness (QED) is 0.785. The molecule has 0 saturated carbocycles. The summed E-state index contributed by atoms with van der Waals surface area (Å²) in [4.78, 5) is 24.0. The van der Waals surface area contributed by atoms with Gasteiger partial charge in [0, 0.05) is 5.69 Å². The topological polar surface area (TPSA) is 55.8 Å². The molecule has 0 saturated heterocycles. The molecule has 0 unspecified atom stereocenters. The Morgan fingerprint density at radius 3 is 2.26 bits per heavy atom. The van der Waals surface area contributed by atoms with Crippen molar-refractivity contribution in [1.82, 2.24) is 0 Å². The highest BCUT2D eigenvalue weighted by Gasteiger charge is 2.23. The van der Waals surface area contributed by atoms with Gasteiger partial charge in [-0.25, -0.2) is 4.79 Å². The lowest BCUT2D eigenvalue weighted by Crippen LogP contribution is -2.37.